The summed E-state index contributed by atoms with van der Waals surface area (Å²) in [4.78, 5) is 12.9. The first kappa shape index (κ1) is 26.5. The molecule has 0 unspecified atom stereocenters. The second-order valence-corrected chi connectivity index (χ2v) is 9.66. The summed E-state index contributed by atoms with van der Waals surface area (Å²) >= 11 is 0. The van der Waals surface area contributed by atoms with Gasteiger partial charge in [-0.3, -0.25) is 0 Å². The van der Waals surface area contributed by atoms with Gasteiger partial charge in [0.15, 0.2) is 29.1 Å². The highest BCUT2D eigenvalue weighted by atomic mass is 16.7. The third-order valence-electron chi connectivity index (χ3n) is 6.99. The van der Waals surface area contributed by atoms with Crippen LogP contribution in [0.15, 0.2) is 23.8 Å². The lowest BCUT2D eigenvalue weighted by Gasteiger charge is -2.41. The second-order valence-electron chi connectivity index (χ2n) is 9.66. The number of methoxy groups -OCH3 is 4. The first-order valence-electron chi connectivity index (χ1n) is 12.0. The standard InChI is InChI=1S/C28H34O9/c1-14(2)9-20(29)37-27-17-12-19-24(36-13-35-19)26(34-8)22(17)21-16(10-15(3)28(27,4)30)11-18(31-5)23(32-6)25(21)33-7/h9,11-12,15,27,30H,10,13H2,1-8H3/t15-,27+,28+/m1/s1. The molecule has 200 valence electrons. The molecule has 1 aliphatic heterocycles. The molecule has 1 aliphatic carbocycles. The topological polar surface area (TPSA) is 102 Å². The maximum absolute atomic E-state index is 12.9. The molecule has 9 nitrogen and oxygen atoms in total. The van der Waals surface area contributed by atoms with E-state index in [9.17, 15) is 9.90 Å². The Morgan fingerprint density at radius 3 is 2.27 bits per heavy atom. The number of rotatable bonds is 6. The Morgan fingerprint density at radius 2 is 1.68 bits per heavy atom. The highest BCUT2D eigenvalue weighted by Crippen LogP contribution is 2.59. The highest BCUT2D eigenvalue weighted by molar-refractivity contribution is 5.89. The second kappa shape index (κ2) is 10.0. The number of fused-ring (bicyclic) bond motifs is 4. The molecule has 0 aromatic heterocycles. The third kappa shape index (κ3) is 4.41. The first-order chi connectivity index (χ1) is 17.6. The molecular weight excluding hydrogens is 480 g/mol. The van der Waals surface area contributed by atoms with Crippen molar-refractivity contribution in [1.29, 1.82) is 0 Å². The molecule has 0 fully saturated rings. The van der Waals surface area contributed by atoms with Crippen molar-refractivity contribution >= 4 is 5.97 Å². The maximum Gasteiger partial charge on any atom is 0.331 e. The number of hydrogen-bond donors (Lipinski definition) is 1. The van der Waals surface area contributed by atoms with Crippen molar-refractivity contribution < 1.29 is 43.1 Å². The van der Waals surface area contributed by atoms with E-state index in [4.69, 9.17) is 33.2 Å². The molecule has 3 atom stereocenters. The summed E-state index contributed by atoms with van der Waals surface area (Å²) in [5, 5.41) is 11.9. The predicted molar refractivity (Wildman–Crippen MR) is 136 cm³/mol. The van der Waals surface area contributed by atoms with E-state index in [0.29, 0.717) is 57.6 Å². The molecule has 0 amide bonds. The smallest absolute Gasteiger partial charge is 0.331 e. The average molecular weight is 515 g/mol. The van der Waals surface area contributed by atoms with Gasteiger partial charge in [-0.15, -0.1) is 0 Å². The van der Waals surface area contributed by atoms with Gasteiger partial charge < -0.3 is 38.3 Å². The van der Waals surface area contributed by atoms with Crippen molar-refractivity contribution in [3.8, 4) is 45.6 Å². The van der Waals surface area contributed by atoms with E-state index >= 15 is 0 Å². The number of carbonyl (C=O) groups excluding carboxylic acids is 1. The Kier molecular flexibility index (Phi) is 7.19. The third-order valence-corrected chi connectivity index (χ3v) is 6.99. The minimum absolute atomic E-state index is 0.000467. The molecular formula is C28H34O9. The number of benzene rings is 2. The van der Waals surface area contributed by atoms with Crippen LogP contribution in [0.2, 0.25) is 0 Å². The zero-order chi connectivity index (χ0) is 27.1. The van der Waals surface area contributed by atoms with Crippen LogP contribution in [0, 0.1) is 5.92 Å². The lowest BCUT2D eigenvalue weighted by atomic mass is 9.73. The highest BCUT2D eigenvalue weighted by Gasteiger charge is 2.47. The quantitative estimate of drug-likeness (QED) is 0.437. The van der Waals surface area contributed by atoms with Gasteiger partial charge in [0, 0.05) is 22.8 Å². The van der Waals surface area contributed by atoms with Crippen molar-refractivity contribution in [1.82, 2.24) is 0 Å². The van der Waals surface area contributed by atoms with E-state index in [2.05, 4.69) is 0 Å². The first-order valence-corrected chi connectivity index (χ1v) is 12.0. The predicted octanol–water partition coefficient (Wildman–Crippen LogP) is 4.61. The number of esters is 1. The molecule has 0 saturated heterocycles. The van der Waals surface area contributed by atoms with E-state index in [0.717, 1.165) is 11.1 Å². The summed E-state index contributed by atoms with van der Waals surface area (Å²) in [6.45, 7) is 7.18. The summed E-state index contributed by atoms with van der Waals surface area (Å²) in [6.07, 6.45) is 0.730. The molecule has 0 bridgehead atoms. The number of aliphatic hydroxyl groups is 1. The van der Waals surface area contributed by atoms with Crippen LogP contribution in [0.4, 0.5) is 0 Å². The molecule has 2 aromatic carbocycles. The SMILES string of the molecule is COc1cc2c(c(OC)c1OC)-c1c(cc3c(c1OC)OCO3)[C@H](OC(=O)C=C(C)C)[C@@](C)(O)[C@H](C)C2. The fraction of sp³-hybridized carbons (Fsp3) is 0.464. The Hall–Kier alpha value is -3.59. The number of hydrogen-bond acceptors (Lipinski definition) is 9. The Morgan fingerprint density at radius 1 is 1.00 bits per heavy atom. The van der Waals surface area contributed by atoms with Gasteiger partial charge in [-0.1, -0.05) is 12.5 Å². The molecule has 2 aromatic rings. The van der Waals surface area contributed by atoms with Gasteiger partial charge in [-0.05, 0) is 50.8 Å². The van der Waals surface area contributed by atoms with Crippen LogP contribution in [-0.4, -0.2) is 51.9 Å². The van der Waals surface area contributed by atoms with E-state index in [1.165, 1.54) is 20.3 Å². The summed E-state index contributed by atoms with van der Waals surface area (Å²) in [5.74, 6) is 1.56. The summed E-state index contributed by atoms with van der Waals surface area (Å²) < 4.78 is 40.5. The normalized spacial score (nSPS) is 21.5. The lowest BCUT2D eigenvalue weighted by Crippen LogP contribution is -2.43. The van der Waals surface area contributed by atoms with Crippen LogP contribution in [-0.2, 0) is 16.0 Å². The molecule has 9 heteroatoms. The van der Waals surface area contributed by atoms with Crippen LogP contribution in [0.1, 0.15) is 44.9 Å². The van der Waals surface area contributed by atoms with Crippen LogP contribution < -0.4 is 28.4 Å². The van der Waals surface area contributed by atoms with Crippen molar-refractivity contribution in [3.63, 3.8) is 0 Å². The zero-order valence-electron chi connectivity index (χ0n) is 22.5. The molecule has 1 N–H and O–H groups in total. The van der Waals surface area contributed by atoms with Crippen molar-refractivity contribution in [2.45, 2.75) is 45.8 Å². The monoisotopic (exact) mass is 514 g/mol. The van der Waals surface area contributed by atoms with Crippen LogP contribution in [0.25, 0.3) is 11.1 Å². The van der Waals surface area contributed by atoms with E-state index in [1.807, 2.05) is 13.0 Å². The molecule has 37 heavy (non-hydrogen) atoms. The molecule has 4 rings (SSSR count). The number of allylic oxidation sites excluding steroid dienone is 1. The summed E-state index contributed by atoms with van der Waals surface area (Å²) in [6, 6.07) is 3.60. The van der Waals surface area contributed by atoms with Gasteiger partial charge in [0.2, 0.25) is 18.3 Å². The summed E-state index contributed by atoms with van der Waals surface area (Å²) in [5.41, 5.74) is 1.82. The Balaban J connectivity index is 2.15. The Labute approximate surface area is 216 Å². The van der Waals surface area contributed by atoms with Crippen molar-refractivity contribution in [2.75, 3.05) is 35.2 Å². The fourth-order valence-electron chi connectivity index (χ4n) is 5.01. The van der Waals surface area contributed by atoms with Gasteiger partial charge >= 0.3 is 5.97 Å². The minimum atomic E-state index is -1.48. The minimum Gasteiger partial charge on any atom is -0.493 e. The Bertz CT molecular complexity index is 1240. The van der Waals surface area contributed by atoms with E-state index in [1.54, 1.807) is 41.1 Å². The lowest BCUT2D eigenvalue weighted by molar-refractivity contribution is -0.165. The summed E-state index contributed by atoms with van der Waals surface area (Å²) in [7, 11) is 6.15. The molecule has 0 saturated carbocycles. The maximum atomic E-state index is 12.9. The molecule has 2 aliphatic rings. The van der Waals surface area contributed by atoms with E-state index < -0.39 is 17.7 Å². The van der Waals surface area contributed by atoms with Crippen LogP contribution in [0.5, 0.6) is 34.5 Å². The van der Waals surface area contributed by atoms with Crippen LogP contribution in [0.3, 0.4) is 0 Å². The van der Waals surface area contributed by atoms with Gasteiger partial charge in [-0.25, -0.2) is 4.79 Å². The largest absolute Gasteiger partial charge is 0.493 e. The van der Waals surface area contributed by atoms with E-state index in [-0.39, 0.29) is 12.7 Å². The molecule has 0 spiro atoms. The van der Waals surface area contributed by atoms with Gasteiger partial charge in [0.05, 0.1) is 28.4 Å². The van der Waals surface area contributed by atoms with Crippen LogP contribution >= 0.6 is 0 Å². The zero-order valence-corrected chi connectivity index (χ0v) is 22.5. The molecule has 1 heterocycles. The van der Waals surface area contributed by atoms with Crippen molar-refractivity contribution in [3.05, 3.63) is 34.9 Å². The molecule has 0 radical (unpaired) electrons. The average Bonchev–Trinajstić information content (AvgIpc) is 3.32. The number of carbonyl (C=O) groups is 1. The van der Waals surface area contributed by atoms with Gasteiger partial charge in [0.1, 0.15) is 5.60 Å². The van der Waals surface area contributed by atoms with Crippen molar-refractivity contribution in [2.24, 2.45) is 5.92 Å². The van der Waals surface area contributed by atoms with Gasteiger partial charge in [-0.2, -0.15) is 0 Å². The van der Waals surface area contributed by atoms with Gasteiger partial charge in [0.25, 0.3) is 0 Å². The number of ether oxygens (including phenoxy) is 7. The fourth-order valence-corrected chi connectivity index (χ4v) is 5.01.